The molecular formula is C59H38N2. The van der Waals surface area contributed by atoms with Crippen molar-refractivity contribution in [2.24, 2.45) is 9.98 Å². The van der Waals surface area contributed by atoms with Crippen LogP contribution in [0.4, 0.5) is 11.4 Å². The number of rotatable bonds is 6. The van der Waals surface area contributed by atoms with E-state index in [1.807, 2.05) is 0 Å². The van der Waals surface area contributed by atoms with Crippen molar-refractivity contribution in [2.75, 3.05) is 0 Å². The molecule has 10 aromatic rings. The Hall–Kier alpha value is -7.94. The number of hydrogen-bond acceptors (Lipinski definition) is 2. The molecule has 1 spiro atoms. The lowest BCUT2D eigenvalue weighted by Gasteiger charge is -2.31. The Balaban J connectivity index is 1.12. The van der Waals surface area contributed by atoms with Gasteiger partial charge in [0.25, 0.3) is 0 Å². The van der Waals surface area contributed by atoms with Crippen LogP contribution in [0.2, 0.25) is 0 Å². The molecule has 0 saturated carbocycles. The number of nitrogens with zero attached hydrogens (tertiary/aromatic N) is 2. The average molecular weight is 775 g/mol. The van der Waals surface area contributed by atoms with Gasteiger partial charge in [-0.05, 0) is 79.5 Å². The summed E-state index contributed by atoms with van der Waals surface area (Å²) in [5, 5.41) is 4.62. The summed E-state index contributed by atoms with van der Waals surface area (Å²) in [6, 6.07) is 83.2. The second-order valence-electron chi connectivity index (χ2n) is 16.0. The first kappa shape index (κ1) is 35.0. The Morgan fingerprint density at radius 1 is 0.279 bits per heavy atom. The van der Waals surface area contributed by atoms with E-state index >= 15 is 0 Å². The second-order valence-corrected chi connectivity index (χ2v) is 16.0. The minimum atomic E-state index is -0.577. The third-order valence-electron chi connectivity index (χ3n) is 12.7. The smallest absolute Gasteiger partial charge is 0.0781 e. The van der Waals surface area contributed by atoms with E-state index in [-0.39, 0.29) is 0 Å². The number of hydrogen-bond donors (Lipinski definition) is 0. The monoisotopic (exact) mass is 774 g/mol. The molecule has 2 aliphatic rings. The van der Waals surface area contributed by atoms with E-state index in [0.717, 1.165) is 55.8 Å². The lowest BCUT2D eigenvalue weighted by molar-refractivity contribution is 0.793. The van der Waals surface area contributed by atoms with Gasteiger partial charge in [0, 0.05) is 33.0 Å². The van der Waals surface area contributed by atoms with Crippen LogP contribution in [-0.4, -0.2) is 11.4 Å². The third-order valence-corrected chi connectivity index (χ3v) is 12.7. The summed E-state index contributed by atoms with van der Waals surface area (Å²) in [7, 11) is 0. The molecule has 2 nitrogen and oxygen atoms in total. The lowest BCUT2D eigenvalue weighted by Crippen LogP contribution is -2.26. The number of benzene rings is 10. The van der Waals surface area contributed by atoms with Gasteiger partial charge in [0.05, 0.1) is 28.2 Å². The molecule has 0 aliphatic heterocycles. The molecule has 2 aliphatic carbocycles. The van der Waals surface area contributed by atoms with E-state index in [1.54, 1.807) is 0 Å². The van der Waals surface area contributed by atoms with Crippen LogP contribution in [0, 0.1) is 0 Å². The Bertz CT molecular complexity index is 3170. The quantitative estimate of drug-likeness (QED) is 0.150. The number of aliphatic imine (C=N–C) groups is 2. The van der Waals surface area contributed by atoms with Crippen molar-refractivity contribution in [1.82, 2.24) is 0 Å². The molecule has 0 radical (unpaired) electrons. The topological polar surface area (TPSA) is 24.7 Å². The van der Waals surface area contributed by atoms with Gasteiger partial charge in [0.15, 0.2) is 0 Å². The normalized spacial score (nSPS) is 15.1. The van der Waals surface area contributed by atoms with E-state index < -0.39 is 5.41 Å². The Kier molecular flexibility index (Phi) is 8.11. The summed E-state index contributed by atoms with van der Waals surface area (Å²) in [5.41, 5.74) is 17.7. The molecule has 0 atom stereocenters. The molecule has 0 saturated heterocycles. The Morgan fingerprint density at radius 3 is 1.13 bits per heavy atom. The highest BCUT2D eigenvalue weighted by Gasteiger charge is 2.52. The van der Waals surface area contributed by atoms with Gasteiger partial charge in [-0.1, -0.05) is 206 Å². The van der Waals surface area contributed by atoms with Gasteiger partial charge in [-0.15, -0.1) is 0 Å². The van der Waals surface area contributed by atoms with Crippen LogP contribution in [0.25, 0.3) is 43.8 Å². The first-order valence-corrected chi connectivity index (χ1v) is 21.0. The first-order chi connectivity index (χ1) is 30.3. The van der Waals surface area contributed by atoms with Crippen molar-refractivity contribution >= 4 is 44.3 Å². The van der Waals surface area contributed by atoms with Gasteiger partial charge < -0.3 is 0 Å². The van der Waals surface area contributed by atoms with Gasteiger partial charge in [-0.3, -0.25) is 0 Å². The molecule has 0 heterocycles. The van der Waals surface area contributed by atoms with Gasteiger partial charge in [0.1, 0.15) is 0 Å². The van der Waals surface area contributed by atoms with Crippen LogP contribution in [0.1, 0.15) is 44.5 Å². The summed E-state index contributed by atoms with van der Waals surface area (Å²) in [4.78, 5) is 11.1. The summed E-state index contributed by atoms with van der Waals surface area (Å²) in [6.45, 7) is 0. The summed E-state index contributed by atoms with van der Waals surface area (Å²) >= 11 is 0. The van der Waals surface area contributed by atoms with Crippen molar-refractivity contribution in [1.29, 1.82) is 0 Å². The fraction of sp³-hybridized carbons (Fsp3) is 0.0169. The van der Waals surface area contributed by atoms with Crippen molar-refractivity contribution in [3.63, 3.8) is 0 Å². The van der Waals surface area contributed by atoms with Crippen molar-refractivity contribution in [2.45, 2.75) is 5.41 Å². The molecule has 0 bridgehead atoms. The predicted molar refractivity (Wildman–Crippen MR) is 254 cm³/mol. The van der Waals surface area contributed by atoms with Crippen molar-refractivity contribution in [3.8, 4) is 22.3 Å². The molecule has 0 unspecified atom stereocenters. The van der Waals surface area contributed by atoms with Gasteiger partial charge >= 0.3 is 0 Å². The van der Waals surface area contributed by atoms with Crippen LogP contribution < -0.4 is 0 Å². The Labute approximate surface area is 355 Å². The van der Waals surface area contributed by atoms with E-state index in [0.29, 0.717) is 0 Å². The fourth-order valence-corrected chi connectivity index (χ4v) is 10.1. The Morgan fingerprint density at radius 2 is 0.656 bits per heavy atom. The molecule has 0 amide bonds. The van der Waals surface area contributed by atoms with Crippen LogP contribution in [0.15, 0.2) is 241 Å². The summed E-state index contributed by atoms with van der Waals surface area (Å²) in [5.74, 6) is 0. The maximum Gasteiger partial charge on any atom is 0.0781 e. The first-order valence-electron chi connectivity index (χ1n) is 21.0. The van der Waals surface area contributed by atoms with Gasteiger partial charge in [-0.2, -0.15) is 0 Å². The van der Waals surface area contributed by atoms with Crippen LogP contribution >= 0.6 is 0 Å². The number of fused-ring (bicyclic) bond motifs is 12. The van der Waals surface area contributed by atoms with Gasteiger partial charge in [0.2, 0.25) is 0 Å². The summed E-state index contributed by atoms with van der Waals surface area (Å²) < 4.78 is 0. The SMILES string of the molecule is c1ccc(/C(=N\c2cccc3ccccc23)c2ccc3c(c2)C2(c4ccccc4-3)c3ccccc3-c3ccc(/C(=N/c4cccc5ccccc45)c4ccccc4)cc32)cc1. The molecule has 284 valence electrons. The maximum atomic E-state index is 5.54. The second kappa shape index (κ2) is 14.1. The van der Waals surface area contributed by atoms with E-state index in [2.05, 4.69) is 231 Å². The molecular weight excluding hydrogens is 737 g/mol. The zero-order valence-corrected chi connectivity index (χ0v) is 33.3. The predicted octanol–water partition coefficient (Wildman–Crippen LogP) is 14.7. The molecule has 12 rings (SSSR count). The fourth-order valence-electron chi connectivity index (χ4n) is 10.1. The molecule has 0 N–H and O–H groups in total. The lowest BCUT2D eigenvalue weighted by atomic mass is 9.70. The van der Waals surface area contributed by atoms with Crippen LogP contribution in [-0.2, 0) is 5.41 Å². The highest BCUT2D eigenvalue weighted by molar-refractivity contribution is 6.17. The van der Waals surface area contributed by atoms with E-state index in [1.165, 1.54) is 55.3 Å². The zero-order valence-electron chi connectivity index (χ0n) is 33.3. The standard InChI is InChI=1S/C59H38N2/c1-3-19-41(20-4-1)57(60-55-31-15-23-39-17-7-9-25-45(39)55)43-33-35-49-47-27-11-13-29-51(47)59(53(49)37-43)52-30-14-12-28-48(52)50-36-34-44(38-54(50)59)58(42-21-5-2-6-22-42)61-56-32-16-24-40-18-8-10-26-46(40)56/h1-38H/b60-57+,61-58+. The zero-order chi connectivity index (χ0) is 40.3. The minimum absolute atomic E-state index is 0.577. The van der Waals surface area contributed by atoms with Crippen LogP contribution in [0.3, 0.4) is 0 Å². The van der Waals surface area contributed by atoms with Crippen LogP contribution in [0.5, 0.6) is 0 Å². The highest BCUT2D eigenvalue weighted by Crippen LogP contribution is 2.63. The maximum absolute atomic E-state index is 5.54. The van der Waals surface area contributed by atoms with E-state index in [9.17, 15) is 0 Å². The molecule has 10 aromatic carbocycles. The summed E-state index contributed by atoms with van der Waals surface area (Å²) in [6.07, 6.45) is 0. The molecule has 61 heavy (non-hydrogen) atoms. The van der Waals surface area contributed by atoms with Crippen molar-refractivity contribution in [3.05, 3.63) is 275 Å². The average Bonchev–Trinajstić information content (AvgIpc) is 3.79. The van der Waals surface area contributed by atoms with Gasteiger partial charge in [-0.25, -0.2) is 9.98 Å². The third kappa shape index (κ3) is 5.50. The van der Waals surface area contributed by atoms with Crippen molar-refractivity contribution < 1.29 is 0 Å². The minimum Gasteiger partial charge on any atom is -0.247 e. The molecule has 0 aromatic heterocycles. The highest BCUT2D eigenvalue weighted by atomic mass is 14.8. The largest absolute Gasteiger partial charge is 0.247 e. The molecule has 0 fully saturated rings. The van der Waals surface area contributed by atoms with E-state index in [4.69, 9.17) is 9.98 Å². The molecule has 2 heteroatoms.